The number of rotatable bonds is 8. The van der Waals surface area contributed by atoms with Gasteiger partial charge in [-0.2, -0.15) is 0 Å². The van der Waals surface area contributed by atoms with E-state index in [1.54, 1.807) is 0 Å². The molecule has 306 valence electrons. The molecule has 0 bridgehead atoms. The second kappa shape index (κ2) is 16.3. The predicted molar refractivity (Wildman–Crippen MR) is 255 cm³/mol. The van der Waals surface area contributed by atoms with Crippen LogP contribution in [0.15, 0.2) is 176 Å². The Morgan fingerprint density at radius 2 is 0.723 bits per heavy atom. The number of fused-ring (bicyclic) bond motifs is 3. The van der Waals surface area contributed by atoms with E-state index in [4.69, 9.17) is 36.5 Å². The fourth-order valence-corrected chi connectivity index (χ4v) is 8.13. The molecule has 0 fully saturated rings. The van der Waals surface area contributed by atoms with Crippen LogP contribution in [0.25, 0.3) is 112 Å². The molecule has 4 aromatic heterocycles. The molecule has 4 heterocycles. The summed E-state index contributed by atoms with van der Waals surface area (Å²) < 4.78 is 2.18. The molecule has 11 heteroatoms. The molecule has 0 aliphatic heterocycles. The van der Waals surface area contributed by atoms with Crippen molar-refractivity contribution in [2.75, 3.05) is 0 Å². The summed E-state index contributed by atoms with van der Waals surface area (Å²) in [6.45, 7) is 12.0. The molecule has 0 saturated heterocycles. The van der Waals surface area contributed by atoms with Gasteiger partial charge in [-0.1, -0.05) is 152 Å². The lowest BCUT2D eigenvalue weighted by Crippen LogP contribution is -2.01. The minimum atomic E-state index is 0.407. The Kier molecular flexibility index (Phi) is 9.71. The first-order valence-electron chi connectivity index (χ1n) is 21.0. The van der Waals surface area contributed by atoms with Crippen LogP contribution in [0.2, 0.25) is 0 Å². The Labute approximate surface area is 373 Å². The number of benzene rings is 7. The molecule has 0 amide bonds. The van der Waals surface area contributed by atoms with E-state index in [9.17, 15) is 0 Å². The number of aryl methyl sites for hydroxylation is 2. The molecular formula is C54H35N11. The van der Waals surface area contributed by atoms with Crippen LogP contribution in [0, 0.1) is 20.4 Å². The predicted octanol–water partition coefficient (Wildman–Crippen LogP) is 12.2. The summed E-state index contributed by atoms with van der Waals surface area (Å²) in [5.41, 5.74) is 8.72. The summed E-state index contributed by atoms with van der Waals surface area (Å²) >= 11 is 0. The molecule has 0 saturated carbocycles. The van der Waals surface area contributed by atoms with Gasteiger partial charge in [0.25, 0.3) is 0 Å². The number of nitrogens with zero attached hydrogens (tertiary/aromatic N) is 11. The molecule has 65 heavy (non-hydrogen) atoms. The molecule has 0 radical (unpaired) electrons. The lowest BCUT2D eigenvalue weighted by Gasteiger charge is -2.13. The second-order valence-electron chi connectivity index (χ2n) is 15.4. The van der Waals surface area contributed by atoms with Crippen molar-refractivity contribution in [3.63, 3.8) is 0 Å². The monoisotopic (exact) mass is 837 g/mol. The van der Waals surface area contributed by atoms with E-state index >= 15 is 0 Å². The highest BCUT2D eigenvalue weighted by Crippen LogP contribution is 2.39. The number of aromatic nitrogens is 10. The van der Waals surface area contributed by atoms with Crippen LogP contribution in [0.1, 0.15) is 11.6 Å². The van der Waals surface area contributed by atoms with Gasteiger partial charge in [0.15, 0.2) is 46.5 Å². The second-order valence-corrected chi connectivity index (χ2v) is 15.4. The van der Waals surface area contributed by atoms with Crippen molar-refractivity contribution in [3.05, 3.63) is 199 Å². The maximum atomic E-state index is 8.35. The number of hydrogen-bond acceptors (Lipinski definition) is 9. The fourth-order valence-electron chi connectivity index (χ4n) is 8.13. The van der Waals surface area contributed by atoms with Crippen molar-refractivity contribution in [2.45, 2.75) is 13.8 Å². The Morgan fingerprint density at radius 3 is 1.09 bits per heavy atom. The standard InChI is InChI=1S/C54H35N11/c1-33-56-34(2)58-54(57-33)44-29-26-41(32-45(44)55-3)65-46-30-39(52-61-48(35-16-8-4-9-17-35)59-49(62-52)36-18-10-5-11-19-36)24-27-42(46)43-28-25-40(31-47(43)65)53-63-50(37-20-12-6-13-21-37)60-51(64-53)38-22-14-7-15-23-38/h4-32H,1-2H3. The van der Waals surface area contributed by atoms with Crippen molar-refractivity contribution in [2.24, 2.45) is 0 Å². The maximum absolute atomic E-state index is 8.35. The molecular weight excluding hydrogens is 803 g/mol. The average Bonchev–Trinajstić information content (AvgIpc) is 3.69. The van der Waals surface area contributed by atoms with Gasteiger partial charge in [0.1, 0.15) is 11.6 Å². The minimum Gasteiger partial charge on any atom is -0.310 e. The first-order valence-corrected chi connectivity index (χ1v) is 21.0. The lowest BCUT2D eigenvalue weighted by molar-refractivity contribution is 0.929. The molecule has 0 atom stereocenters. The van der Waals surface area contributed by atoms with E-state index in [-0.39, 0.29) is 0 Å². The Morgan fingerprint density at radius 1 is 0.354 bits per heavy atom. The van der Waals surface area contributed by atoms with Crippen LogP contribution >= 0.6 is 0 Å². The van der Waals surface area contributed by atoms with Crippen LogP contribution in [0.4, 0.5) is 5.69 Å². The van der Waals surface area contributed by atoms with Gasteiger partial charge in [-0.15, -0.1) is 0 Å². The first-order chi connectivity index (χ1) is 32.0. The van der Waals surface area contributed by atoms with E-state index < -0.39 is 0 Å². The van der Waals surface area contributed by atoms with Gasteiger partial charge >= 0.3 is 0 Å². The zero-order valence-corrected chi connectivity index (χ0v) is 35.2. The molecule has 11 aromatic rings. The molecule has 0 N–H and O–H groups in total. The van der Waals surface area contributed by atoms with Gasteiger partial charge < -0.3 is 4.57 Å². The van der Waals surface area contributed by atoms with Crippen molar-refractivity contribution in [3.8, 4) is 85.4 Å². The zero-order valence-electron chi connectivity index (χ0n) is 35.2. The zero-order chi connectivity index (χ0) is 43.9. The van der Waals surface area contributed by atoms with Gasteiger partial charge in [-0.05, 0) is 38.1 Å². The normalized spacial score (nSPS) is 11.2. The minimum absolute atomic E-state index is 0.407. The molecule has 7 aromatic carbocycles. The summed E-state index contributed by atoms with van der Waals surface area (Å²) in [6.07, 6.45) is 0. The van der Waals surface area contributed by atoms with Crippen molar-refractivity contribution >= 4 is 27.5 Å². The van der Waals surface area contributed by atoms with Gasteiger partial charge in [0.2, 0.25) is 0 Å². The molecule has 11 rings (SSSR count). The van der Waals surface area contributed by atoms with Crippen LogP contribution < -0.4 is 0 Å². The van der Waals surface area contributed by atoms with Crippen LogP contribution in [-0.4, -0.2) is 49.4 Å². The third-order valence-corrected chi connectivity index (χ3v) is 11.1. The van der Waals surface area contributed by atoms with Crippen molar-refractivity contribution < 1.29 is 0 Å². The van der Waals surface area contributed by atoms with Crippen molar-refractivity contribution in [1.82, 2.24) is 49.4 Å². The highest BCUT2D eigenvalue weighted by molar-refractivity contribution is 6.11. The van der Waals surface area contributed by atoms with E-state index in [1.807, 2.05) is 153 Å². The smallest absolute Gasteiger partial charge is 0.200 e. The van der Waals surface area contributed by atoms with Crippen molar-refractivity contribution in [1.29, 1.82) is 0 Å². The average molecular weight is 838 g/mol. The fraction of sp³-hybridized carbons (Fsp3) is 0.0370. The largest absolute Gasteiger partial charge is 0.310 e. The van der Waals surface area contributed by atoms with E-state index in [2.05, 4.69) is 60.8 Å². The maximum Gasteiger partial charge on any atom is 0.200 e. The summed E-state index contributed by atoms with van der Waals surface area (Å²) in [5.74, 6) is 4.98. The van der Waals surface area contributed by atoms with Gasteiger partial charge in [0.05, 0.1) is 17.6 Å². The van der Waals surface area contributed by atoms with Gasteiger partial charge in [-0.3, -0.25) is 0 Å². The Balaban J connectivity index is 1.15. The van der Waals surface area contributed by atoms with E-state index in [1.165, 1.54) is 0 Å². The molecule has 0 aliphatic rings. The first kappa shape index (κ1) is 38.8. The molecule has 11 nitrogen and oxygen atoms in total. The number of hydrogen-bond donors (Lipinski definition) is 0. The van der Waals surface area contributed by atoms with Crippen LogP contribution in [0.3, 0.4) is 0 Å². The van der Waals surface area contributed by atoms with Crippen LogP contribution in [-0.2, 0) is 0 Å². The summed E-state index contributed by atoms with van der Waals surface area (Å²) in [5, 5.41) is 2.00. The topological polar surface area (TPSA) is 125 Å². The molecule has 0 unspecified atom stereocenters. The Bertz CT molecular complexity index is 3310. The van der Waals surface area contributed by atoms with Gasteiger partial charge in [0, 0.05) is 55.4 Å². The third-order valence-electron chi connectivity index (χ3n) is 11.1. The SMILES string of the molecule is [C-]#[N+]c1cc(-n2c3cc(-c4nc(-c5ccccc5)nc(-c5ccccc5)n4)ccc3c3ccc(-c4nc(-c5ccccc5)nc(-c5ccccc5)n4)cc32)ccc1-c1nc(C)nc(C)n1. The highest BCUT2D eigenvalue weighted by atomic mass is 15.1. The van der Waals surface area contributed by atoms with E-state index in [0.29, 0.717) is 63.7 Å². The van der Waals surface area contributed by atoms with Gasteiger partial charge in [-0.25, -0.2) is 49.7 Å². The van der Waals surface area contributed by atoms with Crippen LogP contribution in [0.5, 0.6) is 0 Å². The third kappa shape index (κ3) is 7.41. The summed E-state index contributed by atoms with van der Waals surface area (Å²) in [7, 11) is 0. The van der Waals surface area contributed by atoms with E-state index in [0.717, 1.165) is 60.9 Å². The molecule has 0 aliphatic carbocycles. The summed E-state index contributed by atoms with van der Waals surface area (Å²) in [6, 6.07) is 58.1. The molecule has 0 spiro atoms. The Hall–Kier alpha value is -9.14. The summed E-state index contributed by atoms with van der Waals surface area (Å²) in [4.78, 5) is 47.7. The quantitative estimate of drug-likeness (QED) is 0.137. The lowest BCUT2D eigenvalue weighted by atomic mass is 10.1. The highest BCUT2D eigenvalue weighted by Gasteiger charge is 2.21.